The first-order valence-electron chi connectivity index (χ1n) is 6.96. The van der Waals surface area contributed by atoms with Crippen molar-refractivity contribution in [1.82, 2.24) is 0 Å². The summed E-state index contributed by atoms with van der Waals surface area (Å²) in [5.74, 6) is -1.81. The van der Waals surface area contributed by atoms with Crippen LogP contribution in [0.3, 0.4) is 0 Å². The lowest BCUT2D eigenvalue weighted by atomic mass is 9.43. The van der Waals surface area contributed by atoms with Crippen molar-refractivity contribution in [2.24, 2.45) is 23.2 Å². The summed E-state index contributed by atoms with van der Waals surface area (Å²) < 4.78 is 0. The monoisotopic (exact) mass is 276 g/mol. The number of carbonyl (C=O) groups is 2. The van der Waals surface area contributed by atoms with Crippen LogP contribution >= 0.6 is 0 Å². The molecule has 1 saturated carbocycles. The van der Waals surface area contributed by atoms with Gasteiger partial charge in [0.05, 0.1) is 5.41 Å². The smallest absolute Gasteiger partial charge is 0.187 e. The molecule has 4 aliphatic carbocycles. The van der Waals surface area contributed by atoms with Crippen LogP contribution in [0.5, 0.6) is 0 Å². The number of Topliss-reactive ketones (excluding diaryl/α,β-unsaturated/α-hetero) is 1. The van der Waals surface area contributed by atoms with E-state index < -0.39 is 28.5 Å². The zero-order valence-electron chi connectivity index (χ0n) is 12.2. The van der Waals surface area contributed by atoms with Crippen LogP contribution in [0.4, 0.5) is 0 Å². The fourth-order valence-electron chi connectivity index (χ4n) is 4.60. The largest absolute Gasteiger partial charge is 0.382 e. The summed E-state index contributed by atoms with van der Waals surface area (Å²) in [6.45, 7) is 6.60. The number of fused-ring (bicyclic) bond motifs is 1. The van der Waals surface area contributed by atoms with Gasteiger partial charge in [0.1, 0.15) is 11.2 Å². The van der Waals surface area contributed by atoms with E-state index in [9.17, 15) is 19.8 Å². The Hall–Kier alpha value is -1.26. The van der Waals surface area contributed by atoms with E-state index >= 15 is 0 Å². The average Bonchev–Trinajstić information content (AvgIpc) is 2.33. The highest BCUT2D eigenvalue weighted by Gasteiger charge is 2.68. The Bertz CT molecular complexity index is 581. The Morgan fingerprint density at radius 3 is 2.30 bits per heavy atom. The maximum Gasteiger partial charge on any atom is 0.187 e. The third-order valence-electron chi connectivity index (χ3n) is 5.64. The van der Waals surface area contributed by atoms with Crippen LogP contribution < -0.4 is 0 Å². The van der Waals surface area contributed by atoms with E-state index in [1.807, 2.05) is 13.0 Å². The second-order valence-electron chi connectivity index (χ2n) is 7.05. The Labute approximate surface area is 118 Å². The summed E-state index contributed by atoms with van der Waals surface area (Å²) in [4.78, 5) is 24.8. The van der Waals surface area contributed by atoms with Crippen LogP contribution in [-0.2, 0) is 9.59 Å². The van der Waals surface area contributed by atoms with Crippen LogP contribution in [0.1, 0.15) is 27.7 Å². The van der Waals surface area contributed by atoms with Crippen LogP contribution in [0.25, 0.3) is 0 Å². The molecule has 0 saturated heterocycles. The van der Waals surface area contributed by atoms with Crippen molar-refractivity contribution in [3.05, 3.63) is 23.8 Å². The molecule has 108 valence electrons. The minimum absolute atomic E-state index is 0.225. The van der Waals surface area contributed by atoms with Gasteiger partial charge in [-0.05, 0) is 33.8 Å². The van der Waals surface area contributed by atoms with Crippen LogP contribution in [0.15, 0.2) is 23.8 Å². The lowest BCUT2D eigenvalue weighted by Gasteiger charge is -2.60. The van der Waals surface area contributed by atoms with Crippen molar-refractivity contribution in [2.75, 3.05) is 0 Å². The molecule has 0 aromatic heterocycles. The minimum Gasteiger partial charge on any atom is -0.382 e. The number of carbonyl (C=O) groups excluding carboxylic acids is 2. The molecule has 2 bridgehead atoms. The summed E-state index contributed by atoms with van der Waals surface area (Å²) in [6.07, 6.45) is 5.08. The molecule has 0 heterocycles. The van der Waals surface area contributed by atoms with Gasteiger partial charge in [0.15, 0.2) is 11.6 Å². The molecule has 4 aliphatic rings. The van der Waals surface area contributed by atoms with E-state index in [-0.39, 0.29) is 17.5 Å². The summed E-state index contributed by atoms with van der Waals surface area (Å²) in [6, 6.07) is 0. The third kappa shape index (κ3) is 1.29. The fraction of sp³-hybridized carbons (Fsp3) is 0.625. The molecule has 4 nitrogen and oxygen atoms in total. The highest BCUT2D eigenvalue weighted by atomic mass is 16.3. The molecule has 6 atom stereocenters. The zero-order chi connectivity index (χ0) is 15.1. The van der Waals surface area contributed by atoms with Crippen molar-refractivity contribution in [3.63, 3.8) is 0 Å². The molecule has 4 rings (SSSR count). The number of allylic oxidation sites excluding steroid dienone is 2. The molecule has 4 heteroatoms. The van der Waals surface area contributed by atoms with Crippen molar-refractivity contribution in [3.8, 4) is 0 Å². The maximum atomic E-state index is 12.6. The van der Waals surface area contributed by atoms with E-state index in [0.717, 1.165) is 5.57 Å². The van der Waals surface area contributed by atoms with E-state index in [2.05, 4.69) is 0 Å². The quantitative estimate of drug-likeness (QED) is 0.648. The number of aliphatic hydroxyl groups is 2. The van der Waals surface area contributed by atoms with Crippen LogP contribution in [-0.4, -0.2) is 33.0 Å². The number of hydrogen-bond donors (Lipinski definition) is 2. The summed E-state index contributed by atoms with van der Waals surface area (Å²) in [7, 11) is 0. The average molecular weight is 276 g/mol. The van der Waals surface area contributed by atoms with Crippen LogP contribution in [0, 0.1) is 23.2 Å². The summed E-state index contributed by atoms with van der Waals surface area (Å²) >= 11 is 0. The van der Waals surface area contributed by atoms with Gasteiger partial charge in [0, 0.05) is 17.8 Å². The Kier molecular flexibility index (Phi) is 2.39. The Balaban J connectivity index is 2.29. The molecule has 0 aliphatic heterocycles. The van der Waals surface area contributed by atoms with Gasteiger partial charge in [-0.15, -0.1) is 0 Å². The summed E-state index contributed by atoms with van der Waals surface area (Å²) in [5, 5.41) is 21.3. The second-order valence-corrected chi connectivity index (χ2v) is 7.05. The van der Waals surface area contributed by atoms with E-state index in [0.29, 0.717) is 0 Å². The van der Waals surface area contributed by atoms with Gasteiger partial charge in [-0.2, -0.15) is 0 Å². The van der Waals surface area contributed by atoms with Crippen molar-refractivity contribution in [2.45, 2.75) is 38.9 Å². The molecule has 20 heavy (non-hydrogen) atoms. The van der Waals surface area contributed by atoms with E-state index in [4.69, 9.17) is 0 Å². The minimum atomic E-state index is -1.55. The van der Waals surface area contributed by atoms with Gasteiger partial charge >= 0.3 is 0 Å². The van der Waals surface area contributed by atoms with Crippen LogP contribution in [0.2, 0.25) is 0 Å². The molecule has 1 fully saturated rings. The van der Waals surface area contributed by atoms with Crippen molar-refractivity contribution >= 4 is 11.6 Å². The fourth-order valence-corrected chi connectivity index (χ4v) is 4.60. The SMILES string of the molecule is CC1=CC(=O)[C@](C)(O)C2C3C=C[C@@](C)(C(=O)[C@]3(C)O)C12. The highest BCUT2D eigenvalue weighted by molar-refractivity contribution is 6.02. The molecule has 0 aromatic rings. The van der Waals surface area contributed by atoms with Gasteiger partial charge in [-0.3, -0.25) is 9.59 Å². The third-order valence-corrected chi connectivity index (χ3v) is 5.64. The molecular formula is C16H20O4. The highest BCUT2D eigenvalue weighted by Crippen LogP contribution is 2.60. The van der Waals surface area contributed by atoms with Crippen molar-refractivity contribution < 1.29 is 19.8 Å². The van der Waals surface area contributed by atoms with E-state index in [1.165, 1.54) is 19.9 Å². The van der Waals surface area contributed by atoms with E-state index in [1.54, 1.807) is 13.0 Å². The predicted molar refractivity (Wildman–Crippen MR) is 72.7 cm³/mol. The standard InChI is InChI=1S/C16H20O4/c1-8-7-10(17)16(4,20)12-9-5-6-14(2,11(8)12)13(18)15(9,3)19/h5-7,9,11-12,19-20H,1-4H3/t9?,11?,12?,14-,15-,16+/m1/s1. The Morgan fingerprint density at radius 1 is 1.10 bits per heavy atom. The van der Waals surface area contributed by atoms with Gasteiger partial charge < -0.3 is 10.2 Å². The van der Waals surface area contributed by atoms with Gasteiger partial charge in [0.25, 0.3) is 0 Å². The zero-order valence-corrected chi connectivity index (χ0v) is 12.2. The first kappa shape index (κ1) is 13.7. The first-order valence-corrected chi connectivity index (χ1v) is 6.96. The Morgan fingerprint density at radius 2 is 1.70 bits per heavy atom. The molecule has 0 spiro atoms. The molecule has 0 aromatic carbocycles. The summed E-state index contributed by atoms with van der Waals surface area (Å²) in [5.41, 5.74) is -3.14. The maximum absolute atomic E-state index is 12.6. The van der Waals surface area contributed by atoms with Crippen molar-refractivity contribution in [1.29, 1.82) is 0 Å². The predicted octanol–water partition coefficient (Wildman–Crippen LogP) is 1.02. The molecule has 0 radical (unpaired) electrons. The topological polar surface area (TPSA) is 74.6 Å². The molecule has 2 N–H and O–H groups in total. The van der Waals surface area contributed by atoms with Gasteiger partial charge in [-0.1, -0.05) is 17.7 Å². The molecule has 3 unspecified atom stereocenters. The lowest BCUT2D eigenvalue weighted by Crippen LogP contribution is -2.70. The number of ketones is 2. The lowest BCUT2D eigenvalue weighted by molar-refractivity contribution is -0.186. The number of hydrogen-bond acceptors (Lipinski definition) is 4. The molecule has 0 amide bonds. The second kappa shape index (κ2) is 3.49. The number of rotatable bonds is 0. The van der Waals surface area contributed by atoms with Gasteiger partial charge in [-0.25, -0.2) is 0 Å². The van der Waals surface area contributed by atoms with Gasteiger partial charge in [0.2, 0.25) is 0 Å². The normalized spacial score (nSPS) is 53.9. The molecular weight excluding hydrogens is 256 g/mol. The first-order chi connectivity index (χ1) is 9.04.